The first kappa shape index (κ1) is 21.9. The smallest absolute Gasteiger partial charge is 0.266 e. The molecule has 7 nitrogen and oxygen atoms in total. The van der Waals surface area contributed by atoms with E-state index in [2.05, 4.69) is 20.3 Å². The average Bonchev–Trinajstić information content (AvgIpc) is 3.18. The van der Waals surface area contributed by atoms with E-state index < -0.39 is 17.2 Å². The van der Waals surface area contributed by atoms with E-state index in [1.54, 1.807) is 32.0 Å². The number of pyridine rings is 1. The third kappa shape index (κ3) is 4.36. The third-order valence-corrected chi connectivity index (χ3v) is 5.47. The molecule has 0 unspecified atom stereocenters. The SMILES string of the molecule is Cc1[nH]c(=O)c(C#N)c(C)c1CCC(=O)Nc1ccc2nc(-c3cc(F)ccc3F)[nH]c2c1. The van der Waals surface area contributed by atoms with Gasteiger partial charge >= 0.3 is 0 Å². The number of amides is 1. The lowest BCUT2D eigenvalue weighted by atomic mass is 9.99. The van der Waals surface area contributed by atoms with Gasteiger partial charge in [0.2, 0.25) is 5.91 Å². The van der Waals surface area contributed by atoms with E-state index in [0.717, 1.165) is 23.8 Å². The number of aromatic nitrogens is 3. The molecule has 2 aromatic heterocycles. The number of nitrogens with one attached hydrogen (secondary N) is 3. The highest BCUT2D eigenvalue weighted by atomic mass is 19.1. The van der Waals surface area contributed by atoms with Crippen molar-refractivity contribution >= 4 is 22.6 Å². The molecule has 9 heteroatoms. The fourth-order valence-corrected chi connectivity index (χ4v) is 3.78. The summed E-state index contributed by atoms with van der Waals surface area (Å²) in [5, 5.41) is 12.0. The number of nitrogens with zero attached hydrogens (tertiary/aromatic N) is 2. The summed E-state index contributed by atoms with van der Waals surface area (Å²) in [6, 6.07) is 10.0. The number of aromatic amines is 2. The maximum Gasteiger partial charge on any atom is 0.266 e. The van der Waals surface area contributed by atoms with Crippen LogP contribution < -0.4 is 10.9 Å². The van der Waals surface area contributed by atoms with Crippen LogP contribution in [0.3, 0.4) is 0 Å². The molecule has 2 aromatic carbocycles. The molecule has 0 radical (unpaired) electrons. The zero-order valence-corrected chi connectivity index (χ0v) is 17.8. The van der Waals surface area contributed by atoms with E-state index >= 15 is 0 Å². The van der Waals surface area contributed by atoms with E-state index in [0.29, 0.717) is 34.4 Å². The number of benzene rings is 2. The number of halogens is 2. The second kappa shape index (κ2) is 8.67. The maximum atomic E-state index is 14.1. The van der Waals surface area contributed by atoms with Gasteiger partial charge in [0.25, 0.3) is 5.56 Å². The van der Waals surface area contributed by atoms with E-state index in [1.807, 2.05) is 6.07 Å². The standard InChI is InChI=1S/C24H19F2N5O2/c1-12-16(13(2)28-24(33)18(12)11-27)5-8-22(32)29-15-4-7-20-21(10-15)31-23(30-20)17-9-14(25)3-6-19(17)26/h3-4,6-7,9-10H,5,8H2,1-2H3,(H,28,33)(H,29,32)(H,30,31). The summed E-state index contributed by atoms with van der Waals surface area (Å²) in [5.41, 5.74) is 3.18. The maximum absolute atomic E-state index is 14.1. The van der Waals surface area contributed by atoms with Gasteiger partial charge in [-0.1, -0.05) is 0 Å². The molecule has 4 rings (SSSR count). The van der Waals surface area contributed by atoms with Crippen molar-refractivity contribution in [2.24, 2.45) is 0 Å². The zero-order chi connectivity index (χ0) is 23.7. The Bertz CT molecular complexity index is 1500. The summed E-state index contributed by atoms with van der Waals surface area (Å²) >= 11 is 0. The first-order valence-electron chi connectivity index (χ1n) is 10.1. The summed E-state index contributed by atoms with van der Waals surface area (Å²) in [6.45, 7) is 3.42. The van der Waals surface area contributed by atoms with Crippen LogP contribution in [0.5, 0.6) is 0 Å². The van der Waals surface area contributed by atoms with Crippen molar-refractivity contribution in [3.05, 3.63) is 80.8 Å². The molecule has 1 amide bonds. The van der Waals surface area contributed by atoms with Gasteiger partial charge in [-0.15, -0.1) is 0 Å². The van der Waals surface area contributed by atoms with Gasteiger partial charge in [-0.3, -0.25) is 9.59 Å². The Kier molecular flexibility index (Phi) is 5.75. The predicted molar refractivity (Wildman–Crippen MR) is 120 cm³/mol. The van der Waals surface area contributed by atoms with Crippen LogP contribution >= 0.6 is 0 Å². The van der Waals surface area contributed by atoms with Gasteiger partial charge in [0.05, 0.1) is 16.6 Å². The molecule has 0 aliphatic carbocycles. The number of aryl methyl sites for hydroxylation is 1. The number of carbonyl (C=O) groups is 1. The summed E-state index contributed by atoms with van der Waals surface area (Å²) in [4.78, 5) is 34.3. The largest absolute Gasteiger partial charge is 0.338 e. The molecule has 0 atom stereocenters. The van der Waals surface area contributed by atoms with Gasteiger partial charge in [-0.2, -0.15) is 5.26 Å². The lowest BCUT2D eigenvalue weighted by Crippen LogP contribution is -2.18. The van der Waals surface area contributed by atoms with Crippen LogP contribution in [0, 0.1) is 36.8 Å². The normalized spacial score (nSPS) is 10.9. The number of rotatable bonds is 5. The van der Waals surface area contributed by atoms with Gasteiger partial charge in [0.15, 0.2) is 0 Å². The summed E-state index contributed by atoms with van der Waals surface area (Å²) in [7, 11) is 0. The van der Waals surface area contributed by atoms with Crippen molar-refractivity contribution < 1.29 is 13.6 Å². The highest BCUT2D eigenvalue weighted by molar-refractivity contribution is 5.93. The number of hydrogen-bond donors (Lipinski definition) is 3. The molecule has 0 saturated heterocycles. The molecule has 0 saturated carbocycles. The predicted octanol–water partition coefficient (Wildman–Crippen LogP) is 4.26. The second-order valence-corrected chi connectivity index (χ2v) is 7.66. The van der Waals surface area contributed by atoms with Crippen LogP contribution in [0.4, 0.5) is 14.5 Å². The van der Waals surface area contributed by atoms with Crippen LogP contribution in [-0.2, 0) is 11.2 Å². The van der Waals surface area contributed by atoms with E-state index in [-0.39, 0.29) is 29.3 Å². The van der Waals surface area contributed by atoms with Crippen LogP contribution in [0.2, 0.25) is 0 Å². The molecule has 0 fully saturated rings. The van der Waals surface area contributed by atoms with Gasteiger partial charge in [-0.05, 0) is 67.8 Å². The van der Waals surface area contributed by atoms with E-state index in [9.17, 15) is 23.6 Å². The average molecular weight is 447 g/mol. The number of anilines is 1. The Balaban J connectivity index is 1.51. The van der Waals surface area contributed by atoms with Crippen molar-refractivity contribution in [1.82, 2.24) is 15.0 Å². The Morgan fingerprint density at radius 1 is 1.15 bits per heavy atom. The molecule has 4 aromatic rings. The van der Waals surface area contributed by atoms with Crippen molar-refractivity contribution in [2.75, 3.05) is 5.32 Å². The number of nitriles is 1. The topological polar surface area (TPSA) is 114 Å². The fourth-order valence-electron chi connectivity index (χ4n) is 3.78. The Labute approximate surface area is 187 Å². The molecule has 3 N–H and O–H groups in total. The molecule has 0 bridgehead atoms. The number of H-pyrrole nitrogens is 2. The molecular formula is C24H19F2N5O2. The van der Waals surface area contributed by atoms with Crippen LogP contribution in [0.15, 0.2) is 41.2 Å². The van der Waals surface area contributed by atoms with Crippen LogP contribution in [-0.4, -0.2) is 20.9 Å². The number of fused-ring (bicyclic) bond motifs is 1. The molecule has 33 heavy (non-hydrogen) atoms. The van der Waals surface area contributed by atoms with Crippen LogP contribution in [0.1, 0.15) is 28.8 Å². The lowest BCUT2D eigenvalue weighted by molar-refractivity contribution is -0.116. The minimum absolute atomic E-state index is 0.0140. The van der Waals surface area contributed by atoms with Crippen molar-refractivity contribution in [3.63, 3.8) is 0 Å². The van der Waals surface area contributed by atoms with Gasteiger partial charge < -0.3 is 15.3 Å². The van der Waals surface area contributed by atoms with Gasteiger partial charge in [-0.25, -0.2) is 13.8 Å². The summed E-state index contributed by atoms with van der Waals surface area (Å²) < 4.78 is 27.6. The van der Waals surface area contributed by atoms with Crippen molar-refractivity contribution in [2.45, 2.75) is 26.7 Å². The number of carbonyl (C=O) groups excluding carboxylic acids is 1. The highest BCUT2D eigenvalue weighted by Gasteiger charge is 2.15. The Morgan fingerprint density at radius 2 is 1.94 bits per heavy atom. The second-order valence-electron chi connectivity index (χ2n) is 7.66. The van der Waals surface area contributed by atoms with Gasteiger partial charge in [0, 0.05) is 17.8 Å². The van der Waals surface area contributed by atoms with Gasteiger partial charge in [0.1, 0.15) is 29.1 Å². The molecule has 0 aliphatic rings. The summed E-state index contributed by atoms with van der Waals surface area (Å²) in [6.07, 6.45) is 0.490. The van der Waals surface area contributed by atoms with Crippen molar-refractivity contribution in [3.8, 4) is 17.5 Å². The first-order valence-corrected chi connectivity index (χ1v) is 10.1. The third-order valence-electron chi connectivity index (χ3n) is 5.47. The van der Waals surface area contributed by atoms with E-state index in [4.69, 9.17) is 0 Å². The highest BCUT2D eigenvalue weighted by Crippen LogP contribution is 2.25. The van der Waals surface area contributed by atoms with Crippen molar-refractivity contribution in [1.29, 1.82) is 5.26 Å². The molecule has 0 spiro atoms. The first-order chi connectivity index (χ1) is 15.8. The Hall–Kier alpha value is -4.32. The minimum atomic E-state index is -0.601. The summed E-state index contributed by atoms with van der Waals surface area (Å²) in [5.74, 6) is -1.25. The molecule has 0 aliphatic heterocycles. The number of hydrogen-bond acceptors (Lipinski definition) is 4. The molecule has 2 heterocycles. The number of imidazole rings is 1. The lowest BCUT2D eigenvalue weighted by Gasteiger charge is -2.11. The minimum Gasteiger partial charge on any atom is -0.338 e. The fraction of sp³-hybridized carbons (Fsp3) is 0.167. The molecular weight excluding hydrogens is 428 g/mol. The van der Waals surface area contributed by atoms with Crippen LogP contribution in [0.25, 0.3) is 22.4 Å². The zero-order valence-electron chi connectivity index (χ0n) is 17.8. The Morgan fingerprint density at radius 3 is 2.70 bits per heavy atom. The monoisotopic (exact) mass is 447 g/mol. The van der Waals surface area contributed by atoms with E-state index in [1.165, 1.54) is 0 Å². The molecule has 166 valence electrons. The quantitative estimate of drug-likeness (QED) is 0.424.